The van der Waals surface area contributed by atoms with Gasteiger partial charge in [-0.1, -0.05) is 43.6 Å². The van der Waals surface area contributed by atoms with Crippen molar-refractivity contribution in [1.82, 2.24) is 0 Å². The van der Waals surface area contributed by atoms with E-state index in [1.807, 2.05) is 0 Å². The Bertz CT molecular complexity index is 324. The van der Waals surface area contributed by atoms with Crippen LogP contribution < -0.4 is 0 Å². The van der Waals surface area contributed by atoms with E-state index in [1.54, 1.807) is 0 Å². The van der Waals surface area contributed by atoms with Crippen LogP contribution >= 0.6 is 0 Å². The summed E-state index contributed by atoms with van der Waals surface area (Å²) in [5, 5.41) is 0. The highest BCUT2D eigenvalue weighted by molar-refractivity contribution is 5.87. The summed E-state index contributed by atoms with van der Waals surface area (Å²) in [6, 6.07) is 0. The molecule has 0 saturated carbocycles. The van der Waals surface area contributed by atoms with E-state index in [1.165, 1.54) is 5.57 Å². The molecule has 2 nitrogen and oxygen atoms in total. The van der Waals surface area contributed by atoms with Crippen molar-refractivity contribution in [2.75, 3.05) is 6.61 Å². The third kappa shape index (κ3) is 3.81. The number of carbonyl (C=O) groups excluding carboxylic acids is 1. The summed E-state index contributed by atoms with van der Waals surface area (Å²) in [7, 11) is 0. The predicted octanol–water partition coefficient (Wildman–Crippen LogP) is 3.43. The number of carbonyl (C=O) groups is 1. The number of rotatable bonds is 7. The molecule has 2 atom stereocenters. The van der Waals surface area contributed by atoms with E-state index in [9.17, 15) is 4.79 Å². The lowest BCUT2D eigenvalue weighted by Gasteiger charge is -2.16. The molecule has 1 aliphatic carbocycles. The summed E-state index contributed by atoms with van der Waals surface area (Å²) in [6.45, 7) is 2.82. The molecule has 0 N–H and O–H groups in total. The minimum absolute atomic E-state index is 0.0787. The monoisotopic (exact) mass is 234 g/mol. The summed E-state index contributed by atoms with van der Waals surface area (Å²) in [4.78, 5) is 12.1. The van der Waals surface area contributed by atoms with Crippen LogP contribution in [0.1, 0.15) is 45.4 Å². The van der Waals surface area contributed by atoms with Gasteiger partial charge in [-0.15, -0.1) is 0 Å². The largest absolute Gasteiger partial charge is 0.365 e. The molecule has 1 aliphatic heterocycles. The van der Waals surface area contributed by atoms with Crippen molar-refractivity contribution in [2.45, 2.75) is 51.6 Å². The standard InChI is InChI=1S/C15H22O2/c1-2-3-9-13(15(16)14-11-17-14)10-12-7-5-4-6-8-12/h5,7-8,13-14H,2-4,6,9-11H2,1H3. The molecular formula is C15H22O2. The number of allylic oxidation sites excluding steroid dienone is 4. The smallest absolute Gasteiger partial charge is 0.167 e. The minimum atomic E-state index is -0.0787. The maximum absolute atomic E-state index is 12.1. The Labute approximate surface area is 104 Å². The molecular weight excluding hydrogens is 212 g/mol. The van der Waals surface area contributed by atoms with E-state index in [-0.39, 0.29) is 12.0 Å². The Morgan fingerprint density at radius 2 is 2.35 bits per heavy atom. The Morgan fingerprint density at radius 3 is 2.94 bits per heavy atom. The fraction of sp³-hybridized carbons (Fsp3) is 0.667. The molecule has 2 rings (SSSR count). The van der Waals surface area contributed by atoms with Crippen LogP contribution in [0.25, 0.3) is 0 Å². The lowest BCUT2D eigenvalue weighted by atomic mass is 9.87. The van der Waals surface area contributed by atoms with Gasteiger partial charge in [-0.2, -0.15) is 0 Å². The number of epoxide rings is 1. The molecule has 94 valence electrons. The van der Waals surface area contributed by atoms with Crippen molar-refractivity contribution < 1.29 is 9.53 Å². The highest BCUT2D eigenvalue weighted by Crippen LogP contribution is 2.27. The topological polar surface area (TPSA) is 29.6 Å². The van der Waals surface area contributed by atoms with Crippen molar-refractivity contribution >= 4 is 5.78 Å². The molecule has 0 aromatic rings. The van der Waals surface area contributed by atoms with Gasteiger partial charge in [0, 0.05) is 5.92 Å². The van der Waals surface area contributed by atoms with Gasteiger partial charge in [-0.3, -0.25) is 4.79 Å². The van der Waals surface area contributed by atoms with E-state index >= 15 is 0 Å². The van der Waals surface area contributed by atoms with Crippen LogP contribution in [0.4, 0.5) is 0 Å². The van der Waals surface area contributed by atoms with E-state index < -0.39 is 0 Å². The van der Waals surface area contributed by atoms with Gasteiger partial charge < -0.3 is 4.74 Å². The highest BCUT2D eigenvalue weighted by atomic mass is 16.6. The molecule has 2 unspecified atom stereocenters. The normalized spacial score (nSPS) is 24.3. The summed E-state index contributed by atoms with van der Waals surface area (Å²) in [5.41, 5.74) is 1.34. The Morgan fingerprint density at radius 1 is 1.53 bits per heavy atom. The average molecular weight is 234 g/mol. The van der Waals surface area contributed by atoms with E-state index in [0.717, 1.165) is 38.5 Å². The van der Waals surface area contributed by atoms with Crippen molar-refractivity contribution in [1.29, 1.82) is 0 Å². The first kappa shape index (κ1) is 12.6. The summed E-state index contributed by atoms with van der Waals surface area (Å²) >= 11 is 0. The third-order valence-electron chi connectivity index (χ3n) is 3.51. The first-order valence-corrected chi connectivity index (χ1v) is 6.82. The second kappa shape index (κ2) is 6.15. The van der Waals surface area contributed by atoms with E-state index in [2.05, 4.69) is 25.2 Å². The molecule has 17 heavy (non-hydrogen) atoms. The summed E-state index contributed by atoms with van der Waals surface area (Å²) in [6.07, 6.45) is 13.1. The molecule has 0 aromatic heterocycles. The first-order chi connectivity index (χ1) is 8.31. The van der Waals surface area contributed by atoms with Crippen LogP contribution in [0.3, 0.4) is 0 Å². The Kier molecular flexibility index (Phi) is 4.55. The molecule has 2 aliphatic rings. The second-order valence-corrected chi connectivity index (χ2v) is 5.03. The average Bonchev–Trinajstić information content (AvgIpc) is 3.19. The zero-order chi connectivity index (χ0) is 12.1. The van der Waals surface area contributed by atoms with Crippen molar-refractivity contribution in [2.24, 2.45) is 5.92 Å². The van der Waals surface area contributed by atoms with Crippen molar-refractivity contribution in [3.63, 3.8) is 0 Å². The van der Waals surface area contributed by atoms with Gasteiger partial charge in [0.15, 0.2) is 5.78 Å². The van der Waals surface area contributed by atoms with E-state index in [4.69, 9.17) is 4.74 Å². The predicted molar refractivity (Wildman–Crippen MR) is 68.8 cm³/mol. The quantitative estimate of drug-likeness (QED) is 0.632. The zero-order valence-electron chi connectivity index (χ0n) is 10.7. The van der Waals surface area contributed by atoms with Gasteiger partial charge in [0.25, 0.3) is 0 Å². The van der Waals surface area contributed by atoms with Crippen LogP contribution in [0, 0.1) is 5.92 Å². The molecule has 2 heteroatoms. The van der Waals surface area contributed by atoms with Gasteiger partial charge in [0.2, 0.25) is 0 Å². The lowest BCUT2D eigenvalue weighted by Crippen LogP contribution is -2.20. The number of ketones is 1. The number of hydrogen-bond donors (Lipinski definition) is 0. The lowest BCUT2D eigenvalue weighted by molar-refractivity contribution is -0.124. The molecule has 1 fully saturated rings. The number of hydrogen-bond acceptors (Lipinski definition) is 2. The number of Topliss-reactive ketones (excluding diaryl/α,β-unsaturated/α-hetero) is 1. The highest BCUT2D eigenvalue weighted by Gasteiger charge is 2.35. The van der Waals surface area contributed by atoms with Crippen molar-refractivity contribution in [3.8, 4) is 0 Å². The van der Waals surface area contributed by atoms with E-state index in [0.29, 0.717) is 12.4 Å². The maximum atomic E-state index is 12.1. The van der Waals surface area contributed by atoms with Crippen LogP contribution in [-0.4, -0.2) is 18.5 Å². The number of unbranched alkanes of at least 4 members (excludes halogenated alkanes) is 1. The van der Waals surface area contributed by atoms with Crippen LogP contribution in [0.5, 0.6) is 0 Å². The third-order valence-corrected chi connectivity index (χ3v) is 3.51. The summed E-state index contributed by atoms with van der Waals surface area (Å²) < 4.78 is 5.13. The molecule has 0 spiro atoms. The maximum Gasteiger partial charge on any atom is 0.167 e. The number of ether oxygens (including phenoxy) is 1. The molecule has 1 saturated heterocycles. The molecule has 0 radical (unpaired) electrons. The zero-order valence-corrected chi connectivity index (χ0v) is 10.7. The fourth-order valence-corrected chi connectivity index (χ4v) is 2.37. The van der Waals surface area contributed by atoms with Crippen LogP contribution in [-0.2, 0) is 9.53 Å². The second-order valence-electron chi connectivity index (χ2n) is 5.03. The Hall–Kier alpha value is -0.890. The molecule has 1 heterocycles. The van der Waals surface area contributed by atoms with Gasteiger partial charge in [-0.25, -0.2) is 0 Å². The minimum Gasteiger partial charge on any atom is -0.365 e. The SMILES string of the molecule is CCCCC(CC1=CCCC=C1)C(=O)C1CO1. The van der Waals surface area contributed by atoms with Crippen LogP contribution in [0.15, 0.2) is 23.8 Å². The van der Waals surface area contributed by atoms with Gasteiger partial charge in [0.1, 0.15) is 6.10 Å². The van der Waals surface area contributed by atoms with Gasteiger partial charge in [-0.05, 0) is 25.7 Å². The Balaban J connectivity index is 1.91. The molecule has 0 aromatic carbocycles. The molecule has 0 amide bonds. The summed E-state index contributed by atoms with van der Waals surface area (Å²) in [5.74, 6) is 0.509. The fourth-order valence-electron chi connectivity index (χ4n) is 2.37. The first-order valence-electron chi connectivity index (χ1n) is 6.82. The van der Waals surface area contributed by atoms with Crippen LogP contribution in [0.2, 0.25) is 0 Å². The van der Waals surface area contributed by atoms with Gasteiger partial charge >= 0.3 is 0 Å². The van der Waals surface area contributed by atoms with Crippen molar-refractivity contribution in [3.05, 3.63) is 23.8 Å². The van der Waals surface area contributed by atoms with Gasteiger partial charge in [0.05, 0.1) is 6.61 Å². The molecule has 0 bridgehead atoms.